The van der Waals surface area contributed by atoms with E-state index in [1.54, 1.807) is 7.11 Å². The van der Waals surface area contributed by atoms with Gasteiger partial charge in [0.05, 0.1) is 20.3 Å². The fourth-order valence-electron chi connectivity index (χ4n) is 2.00. The summed E-state index contributed by atoms with van der Waals surface area (Å²) < 4.78 is 16.2. The zero-order valence-corrected chi connectivity index (χ0v) is 13.2. The van der Waals surface area contributed by atoms with E-state index in [9.17, 15) is 0 Å². The maximum atomic E-state index is 5.68. The van der Waals surface area contributed by atoms with Gasteiger partial charge in [-0.1, -0.05) is 0 Å². The summed E-state index contributed by atoms with van der Waals surface area (Å²) in [5, 5.41) is 3.36. The van der Waals surface area contributed by atoms with Crippen molar-refractivity contribution in [1.82, 2.24) is 0 Å². The van der Waals surface area contributed by atoms with Gasteiger partial charge in [0.1, 0.15) is 17.2 Å². The van der Waals surface area contributed by atoms with E-state index < -0.39 is 0 Å². The molecule has 4 nitrogen and oxygen atoms in total. The number of hydrogen-bond donors (Lipinski definition) is 1. The summed E-state index contributed by atoms with van der Waals surface area (Å²) in [5.74, 6) is 2.60. The Labute approximate surface area is 132 Å². The van der Waals surface area contributed by atoms with Gasteiger partial charge in [-0.2, -0.15) is 0 Å². The van der Waals surface area contributed by atoms with Gasteiger partial charge in [-0.3, -0.25) is 0 Å². The Morgan fingerprint density at radius 3 is 2.05 bits per heavy atom. The number of ether oxygens (including phenoxy) is 3. The largest absolute Gasteiger partial charge is 0.497 e. The van der Waals surface area contributed by atoms with Crippen molar-refractivity contribution in [3.63, 3.8) is 0 Å². The molecule has 0 aromatic heterocycles. The molecule has 2 aromatic carbocycles. The minimum absolute atomic E-state index is 0.677. The van der Waals surface area contributed by atoms with Crippen LogP contribution in [0.15, 0.2) is 48.5 Å². The number of anilines is 1. The van der Waals surface area contributed by atoms with Gasteiger partial charge in [-0.15, -0.1) is 0 Å². The molecule has 0 unspecified atom stereocenters. The summed E-state index contributed by atoms with van der Waals surface area (Å²) in [6.07, 6.45) is 0.930. The van der Waals surface area contributed by atoms with E-state index in [1.807, 2.05) is 55.5 Å². The van der Waals surface area contributed by atoms with E-state index >= 15 is 0 Å². The molecule has 0 spiro atoms. The molecule has 22 heavy (non-hydrogen) atoms. The standard InChI is InChI=1S/C18H23NO3/c1-3-21-17-7-5-15(6-8-17)19-13-4-14-22-18-11-9-16(20-2)10-12-18/h5-12,19H,3-4,13-14H2,1-2H3. The Kier molecular flexibility index (Phi) is 6.42. The summed E-state index contributed by atoms with van der Waals surface area (Å²) in [4.78, 5) is 0. The van der Waals surface area contributed by atoms with Crippen LogP contribution < -0.4 is 19.5 Å². The van der Waals surface area contributed by atoms with Gasteiger partial charge < -0.3 is 19.5 Å². The van der Waals surface area contributed by atoms with E-state index in [2.05, 4.69) is 5.32 Å². The predicted octanol–water partition coefficient (Wildman–Crippen LogP) is 3.97. The van der Waals surface area contributed by atoms with Crippen LogP contribution in [0.4, 0.5) is 5.69 Å². The number of methoxy groups -OCH3 is 1. The van der Waals surface area contributed by atoms with Gasteiger partial charge in [0.15, 0.2) is 0 Å². The van der Waals surface area contributed by atoms with Crippen molar-refractivity contribution < 1.29 is 14.2 Å². The number of rotatable bonds is 9. The molecule has 0 fully saturated rings. The Morgan fingerprint density at radius 2 is 1.41 bits per heavy atom. The third kappa shape index (κ3) is 5.20. The molecule has 2 aromatic rings. The van der Waals surface area contributed by atoms with Crippen LogP contribution in [0.5, 0.6) is 17.2 Å². The van der Waals surface area contributed by atoms with Crippen molar-refractivity contribution in [1.29, 1.82) is 0 Å². The molecule has 0 aliphatic heterocycles. The second-order valence-corrected chi connectivity index (χ2v) is 4.76. The van der Waals surface area contributed by atoms with Gasteiger partial charge in [0.25, 0.3) is 0 Å². The van der Waals surface area contributed by atoms with Crippen LogP contribution in [0.25, 0.3) is 0 Å². The number of benzene rings is 2. The smallest absolute Gasteiger partial charge is 0.119 e. The molecule has 0 saturated carbocycles. The molecular formula is C18H23NO3. The van der Waals surface area contributed by atoms with Gasteiger partial charge in [-0.05, 0) is 61.9 Å². The lowest BCUT2D eigenvalue weighted by atomic mass is 10.3. The molecule has 0 bridgehead atoms. The highest BCUT2D eigenvalue weighted by Gasteiger charge is 1.97. The zero-order valence-electron chi connectivity index (χ0n) is 13.2. The Balaban J connectivity index is 1.64. The third-order valence-corrected chi connectivity index (χ3v) is 3.14. The van der Waals surface area contributed by atoms with Crippen LogP contribution in [0, 0.1) is 0 Å². The second-order valence-electron chi connectivity index (χ2n) is 4.76. The maximum Gasteiger partial charge on any atom is 0.119 e. The van der Waals surface area contributed by atoms with E-state index in [0.29, 0.717) is 13.2 Å². The topological polar surface area (TPSA) is 39.7 Å². The monoisotopic (exact) mass is 301 g/mol. The van der Waals surface area contributed by atoms with Crippen molar-refractivity contribution in [2.75, 3.05) is 32.2 Å². The quantitative estimate of drug-likeness (QED) is 0.711. The predicted molar refractivity (Wildman–Crippen MR) is 89.2 cm³/mol. The van der Waals surface area contributed by atoms with Crippen LogP contribution in [-0.2, 0) is 0 Å². The van der Waals surface area contributed by atoms with Gasteiger partial charge in [-0.25, -0.2) is 0 Å². The van der Waals surface area contributed by atoms with Crippen molar-refractivity contribution in [2.24, 2.45) is 0 Å². The summed E-state index contributed by atoms with van der Waals surface area (Å²) in [5.41, 5.74) is 1.09. The van der Waals surface area contributed by atoms with Crippen molar-refractivity contribution in [3.8, 4) is 17.2 Å². The Hall–Kier alpha value is -2.36. The van der Waals surface area contributed by atoms with Gasteiger partial charge in [0.2, 0.25) is 0 Å². The van der Waals surface area contributed by atoms with Crippen LogP contribution in [0.1, 0.15) is 13.3 Å². The highest BCUT2D eigenvalue weighted by Crippen LogP contribution is 2.17. The first-order valence-corrected chi connectivity index (χ1v) is 7.55. The molecule has 0 heterocycles. The average molecular weight is 301 g/mol. The lowest BCUT2D eigenvalue weighted by molar-refractivity contribution is 0.314. The first-order chi connectivity index (χ1) is 10.8. The van der Waals surface area contributed by atoms with Crippen LogP contribution in [-0.4, -0.2) is 26.9 Å². The van der Waals surface area contributed by atoms with Crippen molar-refractivity contribution in [3.05, 3.63) is 48.5 Å². The van der Waals surface area contributed by atoms with Gasteiger partial charge in [0, 0.05) is 12.2 Å². The Bertz CT molecular complexity index is 537. The first-order valence-electron chi connectivity index (χ1n) is 7.55. The molecular weight excluding hydrogens is 278 g/mol. The molecule has 0 aliphatic carbocycles. The first kappa shape index (κ1) is 16.0. The van der Waals surface area contributed by atoms with E-state index in [-0.39, 0.29) is 0 Å². The third-order valence-electron chi connectivity index (χ3n) is 3.14. The molecule has 0 radical (unpaired) electrons. The Morgan fingerprint density at radius 1 is 0.818 bits per heavy atom. The normalized spacial score (nSPS) is 10.1. The zero-order chi connectivity index (χ0) is 15.6. The van der Waals surface area contributed by atoms with E-state index in [0.717, 1.165) is 35.9 Å². The highest BCUT2D eigenvalue weighted by molar-refractivity contribution is 5.46. The molecule has 0 saturated heterocycles. The maximum absolute atomic E-state index is 5.68. The molecule has 1 N–H and O–H groups in total. The summed E-state index contributed by atoms with van der Waals surface area (Å²) in [7, 11) is 1.66. The molecule has 4 heteroatoms. The fraction of sp³-hybridized carbons (Fsp3) is 0.333. The lowest BCUT2D eigenvalue weighted by Crippen LogP contribution is -2.07. The van der Waals surface area contributed by atoms with Crippen molar-refractivity contribution >= 4 is 5.69 Å². The number of nitrogens with one attached hydrogen (secondary N) is 1. The highest BCUT2D eigenvalue weighted by atomic mass is 16.5. The average Bonchev–Trinajstić information content (AvgIpc) is 2.57. The summed E-state index contributed by atoms with van der Waals surface area (Å²) in [6.45, 7) is 4.21. The minimum atomic E-state index is 0.677. The van der Waals surface area contributed by atoms with Crippen LogP contribution in [0.3, 0.4) is 0 Å². The lowest BCUT2D eigenvalue weighted by Gasteiger charge is -2.09. The van der Waals surface area contributed by atoms with E-state index in [1.165, 1.54) is 0 Å². The van der Waals surface area contributed by atoms with Crippen LogP contribution >= 0.6 is 0 Å². The molecule has 118 valence electrons. The van der Waals surface area contributed by atoms with Gasteiger partial charge >= 0.3 is 0 Å². The summed E-state index contributed by atoms with van der Waals surface area (Å²) in [6, 6.07) is 15.6. The van der Waals surface area contributed by atoms with Crippen LogP contribution in [0.2, 0.25) is 0 Å². The SMILES string of the molecule is CCOc1ccc(NCCCOc2ccc(OC)cc2)cc1. The van der Waals surface area contributed by atoms with E-state index in [4.69, 9.17) is 14.2 Å². The second kappa shape index (κ2) is 8.82. The molecule has 0 atom stereocenters. The molecule has 0 aliphatic rings. The summed E-state index contributed by atoms with van der Waals surface area (Å²) >= 11 is 0. The fourth-order valence-corrected chi connectivity index (χ4v) is 2.00. The molecule has 2 rings (SSSR count). The number of hydrogen-bond acceptors (Lipinski definition) is 4. The van der Waals surface area contributed by atoms with Crippen molar-refractivity contribution in [2.45, 2.75) is 13.3 Å². The minimum Gasteiger partial charge on any atom is -0.497 e. The molecule has 0 amide bonds.